The first kappa shape index (κ1) is 11.3. The quantitative estimate of drug-likeness (QED) is 0.501. The van der Waals surface area contributed by atoms with Crippen LogP contribution in [0.4, 0.5) is 0 Å². The Balaban J connectivity index is 2.34. The highest BCUT2D eigenvalue weighted by atomic mass is 35.5. The van der Waals surface area contributed by atoms with E-state index in [4.69, 9.17) is 17.3 Å². The topological polar surface area (TPSA) is 50.4 Å². The van der Waals surface area contributed by atoms with E-state index in [-0.39, 0.29) is 5.11 Å². The minimum Gasteiger partial charge on any atom is -0.375 e. The van der Waals surface area contributed by atoms with Gasteiger partial charge in [0, 0.05) is 26.1 Å². The lowest BCUT2D eigenvalue weighted by molar-refractivity contribution is 1.04. The standard InChI is InChI=1S/C10H8ClN3S2/c11-7-1-2-9-8(3-7)6(5-16-9)4-13-14-10(12)15/h1-5H,(H3,12,14,15)/b13-4-. The molecule has 0 aliphatic carbocycles. The molecule has 0 spiro atoms. The fraction of sp³-hybridized carbons (Fsp3) is 0. The summed E-state index contributed by atoms with van der Waals surface area (Å²) in [6, 6.07) is 5.77. The third-order valence-electron chi connectivity index (χ3n) is 1.94. The summed E-state index contributed by atoms with van der Waals surface area (Å²) < 4.78 is 1.17. The molecule has 3 N–H and O–H groups in total. The normalized spacial score (nSPS) is 11.1. The Kier molecular flexibility index (Phi) is 3.38. The number of nitrogens with one attached hydrogen (secondary N) is 1. The maximum Gasteiger partial charge on any atom is 0.184 e. The Morgan fingerprint density at radius 3 is 3.12 bits per heavy atom. The van der Waals surface area contributed by atoms with Crippen LogP contribution in [0, 0.1) is 0 Å². The largest absolute Gasteiger partial charge is 0.375 e. The molecule has 0 atom stereocenters. The zero-order valence-corrected chi connectivity index (χ0v) is 10.5. The van der Waals surface area contributed by atoms with Crippen molar-refractivity contribution in [2.75, 3.05) is 0 Å². The molecule has 82 valence electrons. The van der Waals surface area contributed by atoms with Gasteiger partial charge in [0.25, 0.3) is 0 Å². The third-order valence-corrected chi connectivity index (χ3v) is 3.25. The highest BCUT2D eigenvalue weighted by Gasteiger charge is 2.02. The Hall–Kier alpha value is -1.17. The Bertz CT molecular complexity index is 562. The molecule has 2 rings (SSSR count). The number of hydrogen-bond donors (Lipinski definition) is 2. The van der Waals surface area contributed by atoms with Crippen molar-refractivity contribution in [2.24, 2.45) is 10.8 Å². The lowest BCUT2D eigenvalue weighted by atomic mass is 10.2. The molecule has 0 aliphatic heterocycles. The van der Waals surface area contributed by atoms with Gasteiger partial charge in [0.1, 0.15) is 0 Å². The van der Waals surface area contributed by atoms with Crippen molar-refractivity contribution in [3.8, 4) is 0 Å². The molecule has 1 aromatic heterocycles. The van der Waals surface area contributed by atoms with Gasteiger partial charge in [-0.2, -0.15) is 5.10 Å². The van der Waals surface area contributed by atoms with E-state index < -0.39 is 0 Å². The first-order valence-electron chi connectivity index (χ1n) is 4.42. The molecule has 16 heavy (non-hydrogen) atoms. The Morgan fingerprint density at radius 2 is 2.38 bits per heavy atom. The molecular formula is C10H8ClN3S2. The van der Waals surface area contributed by atoms with E-state index in [0.29, 0.717) is 5.02 Å². The maximum absolute atomic E-state index is 5.94. The Morgan fingerprint density at radius 1 is 1.56 bits per heavy atom. The van der Waals surface area contributed by atoms with Crippen molar-refractivity contribution in [3.63, 3.8) is 0 Å². The summed E-state index contributed by atoms with van der Waals surface area (Å²) in [6.45, 7) is 0. The molecule has 2 aromatic rings. The van der Waals surface area contributed by atoms with E-state index in [2.05, 4.69) is 22.7 Å². The van der Waals surface area contributed by atoms with Crippen LogP contribution in [0.1, 0.15) is 5.56 Å². The van der Waals surface area contributed by atoms with Crippen LogP contribution in [0.15, 0.2) is 28.7 Å². The number of thiocarbonyl (C=S) groups is 1. The molecule has 0 aliphatic rings. The van der Waals surface area contributed by atoms with Crippen LogP contribution < -0.4 is 11.2 Å². The van der Waals surface area contributed by atoms with Crippen LogP contribution >= 0.6 is 35.2 Å². The first-order chi connectivity index (χ1) is 7.66. The van der Waals surface area contributed by atoms with Crippen molar-refractivity contribution in [2.45, 2.75) is 0 Å². The smallest absolute Gasteiger partial charge is 0.184 e. The molecule has 1 heterocycles. The number of fused-ring (bicyclic) bond motifs is 1. The molecule has 0 saturated heterocycles. The van der Waals surface area contributed by atoms with Crippen LogP contribution in [-0.2, 0) is 0 Å². The SMILES string of the molecule is NC(=S)N/N=C\c1csc2ccc(Cl)cc12. The molecule has 0 unspecified atom stereocenters. The summed E-state index contributed by atoms with van der Waals surface area (Å²) in [5.41, 5.74) is 8.76. The van der Waals surface area contributed by atoms with Crippen molar-refractivity contribution < 1.29 is 0 Å². The summed E-state index contributed by atoms with van der Waals surface area (Å²) >= 11 is 12.2. The van der Waals surface area contributed by atoms with Crippen LogP contribution in [0.25, 0.3) is 10.1 Å². The predicted octanol–water partition coefficient (Wildman–Crippen LogP) is 2.72. The monoisotopic (exact) mass is 269 g/mol. The lowest BCUT2D eigenvalue weighted by Crippen LogP contribution is -2.23. The second kappa shape index (κ2) is 4.78. The van der Waals surface area contributed by atoms with Gasteiger partial charge in [-0.15, -0.1) is 11.3 Å². The van der Waals surface area contributed by atoms with Crippen LogP contribution in [0.2, 0.25) is 5.02 Å². The van der Waals surface area contributed by atoms with Crippen LogP contribution in [0.3, 0.4) is 0 Å². The zero-order chi connectivity index (χ0) is 11.5. The van der Waals surface area contributed by atoms with E-state index in [1.54, 1.807) is 17.6 Å². The second-order valence-corrected chi connectivity index (χ2v) is 4.85. The molecule has 1 aromatic carbocycles. The molecule has 0 amide bonds. The summed E-state index contributed by atoms with van der Waals surface area (Å²) in [5, 5.41) is 7.85. The van der Waals surface area contributed by atoms with E-state index in [0.717, 1.165) is 10.9 Å². The molecule has 0 saturated carbocycles. The maximum atomic E-state index is 5.94. The molecule has 0 bridgehead atoms. The van der Waals surface area contributed by atoms with Gasteiger partial charge in [0.05, 0.1) is 6.21 Å². The first-order valence-corrected chi connectivity index (χ1v) is 6.08. The van der Waals surface area contributed by atoms with E-state index in [9.17, 15) is 0 Å². The van der Waals surface area contributed by atoms with Gasteiger partial charge in [0.15, 0.2) is 5.11 Å². The summed E-state index contributed by atoms with van der Waals surface area (Å²) in [6.07, 6.45) is 1.67. The fourth-order valence-electron chi connectivity index (χ4n) is 1.29. The highest BCUT2D eigenvalue weighted by molar-refractivity contribution is 7.80. The van der Waals surface area contributed by atoms with Gasteiger partial charge in [-0.3, -0.25) is 5.43 Å². The molecular weight excluding hydrogens is 262 g/mol. The second-order valence-electron chi connectivity index (χ2n) is 3.07. The van der Waals surface area contributed by atoms with Crippen molar-refractivity contribution in [3.05, 3.63) is 34.2 Å². The number of benzene rings is 1. The van der Waals surface area contributed by atoms with Gasteiger partial charge in [-0.25, -0.2) is 0 Å². The van der Waals surface area contributed by atoms with Gasteiger partial charge < -0.3 is 5.73 Å². The van der Waals surface area contributed by atoms with E-state index >= 15 is 0 Å². The van der Waals surface area contributed by atoms with Gasteiger partial charge in [-0.1, -0.05) is 11.6 Å². The van der Waals surface area contributed by atoms with Crippen LogP contribution in [-0.4, -0.2) is 11.3 Å². The zero-order valence-electron chi connectivity index (χ0n) is 8.11. The van der Waals surface area contributed by atoms with E-state index in [1.807, 2.05) is 23.6 Å². The summed E-state index contributed by atoms with van der Waals surface area (Å²) in [4.78, 5) is 0. The average Bonchev–Trinajstić information content (AvgIpc) is 2.60. The van der Waals surface area contributed by atoms with E-state index in [1.165, 1.54) is 4.70 Å². The number of halogens is 1. The van der Waals surface area contributed by atoms with Crippen molar-refractivity contribution in [1.82, 2.24) is 5.43 Å². The van der Waals surface area contributed by atoms with Gasteiger partial charge in [-0.05, 0) is 30.4 Å². The summed E-state index contributed by atoms with van der Waals surface area (Å²) in [7, 11) is 0. The van der Waals surface area contributed by atoms with Gasteiger partial charge in [0.2, 0.25) is 0 Å². The number of hydrazone groups is 1. The minimum absolute atomic E-state index is 0.147. The number of hydrogen-bond acceptors (Lipinski definition) is 3. The minimum atomic E-state index is 0.147. The highest BCUT2D eigenvalue weighted by Crippen LogP contribution is 2.27. The fourth-order valence-corrected chi connectivity index (χ4v) is 2.40. The molecule has 3 nitrogen and oxygen atoms in total. The Labute approximate surface area is 107 Å². The number of thiophene rings is 1. The molecule has 6 heteroatoms. The molecule has 0 fully saturated rings. The average molecular weight is 270 g/mol. The summed E-state index contributed by atoms with van der Waals surface area (Å²) in [5.74, 6) is 0. The molecule has 0 radical (unpaired) electrons. The van der Waals surface area contributed by atoms with Gasteiger partial charge >= 0.3 is 0 Å². The van der Waals surface area contributed by atoms with Crippen LogP contribution in [0.5, 0.6) is 0 Å². The number of nitrogens with zero attached hydrogens (tertiary/aromatic N) is 1. The van der Waals surface area contributed by atoms with Crippen molar-refractivity contribution >= 4 is 56.6 Å². The number of nitrogens with two attached hydrogens (primary N) is 1. The lowest BCUT2D eigenvalue weighted by Gasteiger charge is -1.95. The third kappa shape index (κ3) is 2.49. The van der Waals surface area contributed by atoms with Crippen molar-refractivity contribution in [1.29, 1.82) is 0 Å². The number of rotatable bonds is 2. The predicted molar refractivity (Wildman–Crippen MR) is 74.4 cm³/mol.